The van der Waals surface area contributed by atoms with Crippen molar-refractivity contribution in [1.82, 2.24) is 0 Å². The van der Waals surface area contributed by atoms with Crippen LogP contribution in [0.4, 0.5) is 0 Å². The number of allylic oxidation sites excluding steroid dienone is 1. The number of benzene rings is 1. The van der Waals surface area contributed by atoms with Crippen molar-refractivity contribution in [3.63, 3.8) is 0 Å². The highest BCUT2D eigenvalue weighted by atomic mass is 79.9. The molecule has 1 aromatic carbocycles. The lowest BCUT2D eigenvalue weighted by molar-refractivity contribution is 0.582. The summed E-state index contributed by atoms with van der Waals surface area (Å²) < 4.78 is 6.61. The standard InChI is InChI=1S/C13H9BrO/c14-12-7-6-11(13-5-2-8-15-13)9-3-1-4-10(9)12/h1-3,5-8H,4H2. The summed E-state index contributed by atoms with van der Waals surface area (Å²) >= 11 is 3.57. The molecule has 0 aliphatic heterocycles. The fourth-order valence-electron chi connectivity index (χ4n) is 1.98. The molecule has 0 bridgehead atoms. The summed E-state index contributed by atoms with van der Waals surface area (Å²) in [6.45, 7) is 0. The maximum atomic E-state index is 5.44. The highest BCUT2D eigenvalue weighted by molar-refractivity contribution is 9.10. The van der Waals surface area contributed by atoms with Crippen LogP contribution in [-0.4, -0.2) is 0 Å². The van der Waals surface area contributed by atoms with Gasteiger partial charge in [0.25, 0.3) is 0 Å². The Morgan fingerprint density at radius 2 is 2.13 bits per heavy atom. The van der Waals surface area contributed by atoms with Gasteiger partial charge in [-0.05, 0) is 41.8 Å². The van der Waals surface area contributed by atoms with Crippen molar-refractivity contribution in [1.29, 1.82) is 0 Å². The molecule has 2 aromatic rings. The van der Waals surface area contributed by atoms with Crippen LogP contribution in [0.15, 0.2) is 45.5 Å². The van der Waals surface area contributed by atoms with Gasteiger partial charge in [-0.1, -0.05) is 28.1 Å². The van der Waals surface area contributed by atoms with Crippen LogP contribution in [0.2, 0.25) is 0 Å². The quantitative estimate of drug-likeness (QED) is 0.746. The van der Waals surface area contributed by atoms with E-state index in [-0.39, 0.29) is 0 Å². The fraction of sp³-hybridized carbons (Fsp3) is 0.0769. The Bertz CT molecular complexity index is 524. The third-order valence-corrected chi connectivity index (χ3v) is 3.44. The number of halogens is 1. The Kier molecular flexibility index (Phi) is 2.03. The van der Waals surface area contributed by atoms with E-state index in [2.05, 4.69) is 40.2 Å². The Morgan fingerprint density at radius 1 is 1.20 bits per heavy atom. The maximum Gasteiger partial charge on any atom is 0.134 e. The van der Waals surface area contributed by atoms with Gasteiger partial charge in [0.1, 0.15) is 5.76 Å². The summed E-state index contributed by atoms with van der Waals surface area (Å²) in [4.78, 5) is 0. The normalized spacial score (nSPS) is 13.1. The van der Waals surface area contributed by atoms with E-state index >= 15 is 0 Å². The summed E-state index contributed by atoms with van der Waals surface area (Å²) in [7, 11) is 0. The molecule has 1 aromatic heterocycles. The number of hydrogen-bond donors (Lipinski definition) is 0. The van der Waals surface area contributed by atoms with Crippen molar-refractivity contribution < 1.29 is 4.42 Å². The van der Waals surface area contributed by atoms with Crippen molar-refractivity contribution >= 4 is 22.0 Å². The van der Waals surface area contributed by atoms with Gasteiger partial charge >= 0.3 is 0 Å². The maximum absolute atomic E-state index is 5.44. The first-order chi connectivity index (χ1) is 7.36. The average Bonchev–Trinajstić information content (AvgIpc) is 2.88. The molecule has 3 rings (SSSR count). The molecule has 0 saturated heterocycles. The van der Waals surface area contributed by atoms with E-state index in [1.165, 1.54) is 21.2 Å². The summed E-state index contributed by atoms with van der Waals surface area (Å²) in [6, 6.07) is 8.10. The zero-order chi connectivity index (χ0) is 10.3. The van der Waals surface area contributed by atoms with Gasteiger partial charge in [-0.3, -0.25) is 0 Å². The van der Waals surface area contributed by atoms with Gasteiger partial charge in [-0.15, -0.1) is 0 Å². The minimum absolute atomic E-state index is 0.935. The van der Waals surface area contributed by atoms with E-state index in [1.807, 2.05) is 12.1 Å². The van der Waals surface area contributed by atoms with Crippen LogP contribution in [0, 0.1) is 0 Å². The molecule has 15 heavy (non-hydrogen) atoms. The van der Waals surface area contributed by atoms with Crippen molar-refractivity contribution in [3.8, 4) is 11.3 Å². The lowest BCUT2D eigenvalue weighted by atomic mass is 10.0. The third-order valence-electron chi connectivity index (χ3n) is 2.69. The van der Waals surface area contributed by atoms with E-state index in [4.69, 9.17) is 4.42 Å². The molecule has 0 fully saturated rings. The second kappa shape index (κ2) is 3.38. The molecule has 0 spiro atoms. The highest BCUT2D eigenvalue weighted by Crippen LogP contribution is 2.35. The monoisotopic (exact) mass is 260 g/mol. The van der Waals surface area contributed by atoms with Crippen LogP contribution in [0.5, 0.6) is 0 Å². The largest absolute Gasteiger partial charge is 0.464 e. The topological polar surface area (TPSA) is 13.1 Å². The van der Waals surface area contributed by atoms with Crippen LogP contribution < -0.4 is 0 Å². The van der Waals surface area contributed by atoms with E-state index in [0.717, 1.165) is 12.2 Å². The SMILES string of the molecule is Brc1ccc(-c2ccco2)c2c1CC=C2. The molecule has 0 unspecified atom stereocenters. The van der Waals surface area contributed by atoms with Crippen molar-refractivity contribution in [2.24, 2.45) is 0 Å². The molecule has 1 aliphatic carbocycles. The molecule has 1 aliphatic rings. The first-order valence-electron chi connectivity index (χ1n) is 4.88. The molecule has 2 heteroatoms. The third kappa shape index (κ3) is 1.37. The molecule has 1 heterocycles. The first-order valence-corrected chi connectivity index (χ1v) is 5.67. The van der Waals surface area contributed by atoms with E-state index in [1.54, 1.807) is 6.26 Å². The minimum Gasteiger partial charge on any atom is -0.464 e. The van der Waals surface area contributed by atoms with Gasteiger partial charge in [0.2, 0.25) is 0 Å². The molecule has 0 saturated carbocycles. The second-order valence-electron chi connectivity index (χ2n) is 3.57. The number of fused-ring (bicyclic) bond motifs is 1. The van der Waals surface area contributed by atoms with E-state index in [9.17, 15) is 0 Å². The van der Waals surface area contributed by atoms with Gasteiger partial charge < -0.3 is 4.42 Å². The smallest absolute Gasteiger partial charge is 0.134 e. The van der Waals surface area contributed by atoms with Crippen LogP contribution >= 0.6 is 15.9 Å². The summed E-state index contributed by atoms with van der Waals surface area (Å²) in [5.41, 5.74) is 3.80. The van der Waals surface area contributed by atoms with Gasteiger partial charge in [-0.25, -0.2) is 0 Å². The van der Waals surface area contributed by atoms with E-state index < -0.39 is 0 Å². The molecule has 0 atom stereocenters. The van der Waals surface area contributed by atoms with Crippen molar-refractivity contribution in [3.05, 3.63) is 52.2 Å². The Labute approximate surface area is 96.5 Å². The molecular formula is C13H9BrO. The Morgan fingerprint density at radius 3 is 2.93 bits per heavy atom. The van der Waals surface area contributed by atoms with Gasteiger partial charge in [-0.2, -0.15) is 0 Å². The predicted octanol–water partition coefficient (Wildman–Crippen LogP) is 4.28. The average molecular weight is 261 g/mol. The van der Waals surface area contributed by atoms with Crippen LogP contribution in [0.1, 0.15) is 11.1 Å². The summed E-state index contributed by atoms with van der Waals surface area (Å²) in [5.74, 6) is 0.935. The van der Waals surface area contributed by atoms with Crippen molar-refractivity contribution in [2.45, 2.75) is 6.42 Å². The van der Waals surface area contributed by atoms with Gasteiger partial charge in [0.05, 0.1) is 6.26 Å². The number of furan rings is 1. The molecule has 0 radical (unpaired) electrons. The Balaban J connectivity index is 2.26. The van der Waals surface area contributed by atoms with Gasteiger partial charge in [0.15, 0.2) is 0 Å². The number of rotatable bonds is 1. The summed E-state index contributed by atoms with van der Waals surface area (Å²) in [6.07, 6.45) is 7.06. The van der Waals surface area contributed by atoms with Crippen LogP contribution in [-0.2, 0) is 6.42 Å². The zero-order valence-corrected chi connectivity index (χ0v) is 9.62. The zero-order valence-electron chi connectivity index (χ0n) is 8.03. The summed E-state index contributed by atoms with van der Waals surface area (Å²) in [5, 5.41) is 0. The van der Waals surface area contributed by atoms with E-state index in [0.29, 0.717) is 0 Å². The minimum atomic E-state index is 0.935. The van der Waals surface area contributed by atoms with Crippen LogP contribution in [0.25, 0.3) is 17.4 Å². The number of hydrogen-bond acceptors (Lipinski definition) is 1. The molecule has 0 N–H and O–H groups in total. The highest BCUT2D eigenvalue weighted by Gasteiger charge is 2.15. The lowest BCUT2D eigenvalue weighted by Gasteiger charge is -2.07. The predicted molar refractivity (Wildman–Crippen MR) is 64.6 cm³/mol. The van der Waals surface area contributed by atoms with Crippen molar-refractivity contribution in [2.75, 3.05) is 0 Å². The first kappa shape index (κ1) is 8.98. The lowest BCUT2D eigenvalue weighted by Crippen LogP contribution is -1.87. The molecular weight excluding hydrogens is 252 g/mol. The molecule has 1 nitrogen and oxygen atoms in total. The second-order valence-corrected chi connectivity index (χ2v) is 4.43. The molecule has 74 valence electrons. The Hall–Kier alpha value is -1.28. The van der Waals surface area contributed by atoms with Gasteiger partial charge in [0, 0.05) is 10.0 Å². The molecule has 0 amide bonds. The fourth-order valence-corrected chi connectivity index (χ4v) is 2.48. The van der Waals surface area contributed by atoms with Crippen LogP contribution in [0.3, 0.4) is 0 Å².